The van der Waals surface area contributed by atoms with Gasteiger partial charge < -0.3 is 10.1 Å². The van der Waals surface area contributed by atoms with Crippen LogP contribution in [0.3, 0.4) is 0 Å². The number of hydrogen-bond acceptors (Lipinski definition) is 4. The fourth-order valence-corrected chi connectivity index (χ4v) is 2.14. The fraction of sp³-hybridized carbons (Fsp3) is 0.133. The van der Waals surface area contributed by atoms with Crippen LogP contribution in [-0.2, 0) is 4.79 Å². The van der Waals surface area contributed by atoms with Gasteiger partial charge in [-0.3, -0.25) is 14.5 Å². The van der Waals surface area contributed by atoms with Crippen molar-refractivity contribution in [2.75, 3.05) is 18.5 Å². The number of hydrogen-bond donors (Lipinski definition) is 1. The number of carbonyl (C=O) groups is 2. The van der Waals surface area contributed by atoms with Crippen molar-refractivity contribution in [1.82, 2.24) is 10.3 Å². The highest BCUT2D eigenvalue weighted by atomic mass is 16.5. The van der Waals surface area contributed by atoms with Gasteiger partial charge in [0.15, 0.2) is 5.75 Å². The van der Waals surface area contributed by atoms with Crippen molar-refractivity contribution in [3.63, 3.8) is 0 Å². The van der Waals surface area contributed by atoms with Crippen LogP contribution in [-0.4, -0.2) is 30.4 Å². The van der Waals surface area contributed by atoms with E-state index in [1.807, 2.05) is 0 Å². The SMILES string of the molecule is CNC(=O)CN1C(=O)c2cccnc2Oc2ccccc21. The number of carbonyl (C=O) groups excluding carboxylic acids is 2. The van der Waals surface area contributed by atoms with Gasteiger partial charge in [0.05, 0.1) is 5.69 Å². The second-order valence-corrected chi connectivity index (χ2v) is 4.49. The van der Waals surface area contributed by atoms with Crippen LogP contribution in [0, 0.1) is 0 Å². The molecule has 0 radical (unpaired) electrons. The standard InChI is InChI=1S/C15H13N3O3/c1-16-13(19)9-18-11-6-2-3-7-12(11)21-14-10(15(18)20)5-4-8-17-14/h2-8H,9H2,1H3,(H,16,19). The Morgan fingerprint density at radius 2 is 2.10 bits per heavy atom. The molecule has 0 saturated carbocycles. The van der Waals surface area contributed by atoms with Gasteiger partial charge in [-0.05, 0) is 24.3 Å². The summed E-state index contributed by atoms with van der Waals surface area (Å²) >= 11 is 0. The molecule has 3 rings (SSSR count). The van der Waals surface area contributed by atoms with Gasteiger partial charge in [-0.25, -0.2) is 4.98 Å². The maximum absolute atomic E-state index is 12.7. The molecule has 0 bridgehead atoms. The lowest BCUT2D eigenvalue weighted by Crippen LogP contribution is -2.39. The lowest BCUT2D eigenvalue weighted by Gasteiger charge is -2.20. The lowest BCUT2D eigenvalue weighted by atomic mass is 10.2. The van der Waals surface area contributed by atoms with Gasteiger partial charge in [-0.15, -0.1) is 0 Å². The zero-order valence-corrected chi connectivity index (χ0v) is 11.4. The van der Waals surface area contributed by atoms with Gasteiger partial charge in [-0.1, -0.05) is 12.1 Å². The van der Waals surface area contributed by atoms with E-state index in [0.717, 1.165) is 0 Å². The number of aromatic nitrogens is 1. The second kappa shape index (κ2) is 5.24. The first-order valence-electron chi connectivity index (χ1n) is 6.45. The minimum atomic E-state index is -0.313. The number of benzene rings is 1. The smallest absolute Gasteiger partial charge is 0.264 e. The van der Waals surface area contributed by atoms with E-state index in [-0.39, 0.29) is 24.2 Å². The van der Waals surface area contributed by atoms with Crippen molar-refractivity contribution in [1.29, 1.82) is 0 Å². The summed E-state index contributed by atoms with van der Waals surface area (Å²) in [5.41, 5.74) is 0.877. The third kappa shape index (κ3) is 2.31. The maximum Gasteiger partial charge on any atom is 0.264 e. The molecule has 1 aliphatic heterocycles. The molecule has 106 valence electrons. The summed E-state index contributed by atoms with van der Waals surface area (Å²) in [6.45, 7) is -0.0793. The Morgan fingerprint density at radius 1 is 1.29 bits per heavy atom. The van der Waals surface area contributed by atoms with Crippen molar-refractivity contribution in [3.8, 4) is 11.6 Å². The number of ether oxygens (including phenoxy) is 1. The Labute approximate surface area is 121 Å². The van der Waals surface area contributed by atoms with Crippen LogP contribution in [0.4, 0.5) is 5.69 Å². The minimum Gasteiger partial charge on any atom is -0.436 e. The van der Waals surface area contributed by atoms with Gasteiger partial charge in [-0.2, -0.15) is 0 Å². The summed E-state index contributed by atoms with van der Waals surface area (Å²) in [7, 11) is 1.53. The number of rotatable bonds is 2. The molecule has 2 aromatic rings. The predicted octanol–water partition coefficient (Wildman–Crippen LogP) is 1.58. The summed E-state index contributed by atoms with van der Waals surface area (Å²) < 4.78 is 5.71. The van der Waals surface area contributed by atoms with Crippen LogP contribution >= 0.6 is 0 Å². The van der Waals surface area contributed by atoms with Crippen molar-refractivity contribution >= 4 is 17.5 Å². The van der Waals surface area contributed by atoms with Crippen LogP contribution in [0.15, 0.2) is 42.6 Å². The van der Waals surface area contributed by atoms with Crippen molar-refractivity contribution in [2.45, 2.75) is 0 Å². The maximum atomic E-state index is 12.7. The van der Waals surface area contributed by atoms with Crippen LogP contribution in [0.25, 0.3) is 0 Å². The van der Waals surface area contributed by atoms with Crippen LogP contribution in [0.5, 0.6) is 11.6 Å². The number of nitrogens with zero attached hydrogens (tertiary/aromatic N) is 2. The Hall–Kier alpha value is -2.89. The van der Waals surface area contributed by atoms with E-state index in [2.05, 4.69) is 10.3 Å². The number of para-hydroxylation sites is 2. The largest absolute Gasteiger partial charge is 0.436 e. The molecule has 0 atom stereocenters. The number of amides is 2. The third-order valence-electron chi connectivity index (χ3n) is 3.19. The third-order valence-corrected chi connectivity index (χ3v) is 3.19. The zero-order valence-electron chi connectivity index (χ0n) is 11.4. The number of likely N-dealkylation sites (N-methyl/N-ethyl adjacent to an activating group) is 1. The summed E-state index contributed by atoms with van der Waals surface area (Å²) in [6, 6.07) is 10.4. The van der Waals surface area contributed by atoms with E-state index >= 15 is 0 Å². The molecule has 6 nitrogen and oxygen atoms in total. The number of pyridine rings is 1. The summed E-state index contributed by atoms with van der Waals surface area (Å²) in [6.07, 6.45) is 1.56. The Morgan fingerprint density at radius 3 is 2.90 bits per heavy atom. The molecule has 21 heavy (non-hydrogen) atoms. The van der Waals surface area contributed by atoms with Gasteiger partial charge in [0.1, 0.15) is 12.1 Å². The fourth-order valence-electron chi connectivity index (χ4n) is 2.14. The number of fused-ring (bicyclic) bond motifs is 2. The molecular formula is C15H13N3O3. The molecule has 0 saturated heterocycles. The first-order valence-corrected chi connectivity index (χ1v) is 6.45. The molecule has 1 aliphatic rings. The molecule has 0 unspecified atom stereocenters. The van der Waals surface area contributed by atoms with E-state index in [9.17, 15) is 9.59 Å². The van der Waals surface area contributed by atoms with Crippen molar-refractivity contribution in [2.24, 2.45) is 0 Å². The zero-order chi connectivity index (χ0) is 14.8. The molecule has 2 heterocycles. The first kappa shape index (κ1) is 13.1. The summed E-state index contributed by atoms with van der Waals surface area (Å²) in [5, 5.41) is 2.52. The molecule has 0 aliphatic carbocycles. The topological polar surface area (TPSA) is 71.5 Å². The second-order valence-electron chi connectivity index (χ2n) is 4.49. The van der Waals surface area contributed by atoms with E-state index in [1.165, 1.54) is 11.9 Å². The highest BCUT2D eigenvalue weighted by Gasteiger charge is 2.29. The molecule has 1 aromatic carbocycles. The van der Waals surface area contributed by atoms with Crippen molar-refractivity contribution < 1.29 is 14.3 Å². The number of anilines is 1. The molecule has 0 spiro atoms. The molecule has 1 N–H and O–H groups in total. The van der Waals surface area contributed by atoms with Crippen LogP contribution in [0.1, 0.15) is 10.4 Å². The minimum absolute atomic E-state index is 0.0793. The van der Waals surface area contributed by atoms with Gasteiger partial charge >= 0.3 is 0 Å². The Kier molecular flexibility index (Phi) is 3.27. The van der Waals surface area contributed by atoms with E-state index in [0.29, 0.717) is 17.0 Å². The molecule has 0 fully saturated rings. The van der Waals surface area contributed by atoms with E-state index in [1.54, 1.807) is 42.6 Å². The summed E-state index contributed by atoms with van der Waals surface area (Å²) in [4.78, 5) is 29.9. The Bertz CT molecular complexity index is 715. The van der Waals surface area contributed by atoms with E-state index in [4.69, 9.17) is 4.74 Å². The molecular weight excluding hydrogens is 270 g/mol. The molecule has 1 aromatic heterocycles. The first-order chi connectivity index (χ1) is 10.2. The average molecular weight is 283 g/mol. The monoisotopic (exact) mass is 283 g/mol. The van der Waals surface area contributed by atoms with Gasteiger partial charge in [0, 0.05) is 13.2 Å². The molecule has 2 amide bonds. The van der Waals surface area contributed by atoms with Crippen molar-refractivity contribution in [3.05, 3.63) is 48.2 Å². The normalized spacial score (nSPS) is 12.8. The van der Waals surface area contributed by atoms with Crippen LogP contribution < -0.4 is 15.0 Å². The predicted molar refractivity (Wildman–Crippen MR) is 76.5 cm³/mol. The average Bonchev–Trinajstić information content (AvgIpc) is 2.63. The quantitative estimate of drug-likeness (QED) is 0.908. The molecule has 6 heteroatoms. The van der Waals surface area contributed by atoms with Crippen LogP contribution in [0.2, 0.25) is 0 Å². The lowest BCUT2D eigenvalue weighted by molar-refractivity contribution is -0.119. The Balaban J connectivity index is 2.13. The highest BCUT2D eigenvalue weighted by Crippen LogP contribution is 2.37. The summed E-state index contributed by atoms with van der Waals surface area (Å²) in [5.74, 6) is 0.165. The van der Waals surface area contributed by atoms with Gasteiger partial charge in [0.2, 0.25) is 11.8 Å². The van der Waals surface area contributed by atoms with Gasteiger partial charge in [0.25, 0.3) is 5.91 Å². The highest BCUT2D eigenvalue weighted by molar-refractivity contribution is 6.11. The number of nitrogens with one attached hydrogen (secondary N) is 1. The van der Waals surface area contributed by atoms with E-state index < -0.39 is 0 Å².